The summed E-state index contributed by atoms with van der Waals surface area (Å²) < 4.78 is 47.3. The second-order valence-corrected chi connectivity index (χ2v) is 10.3. The molecule has 0 unspecified atom stereocenters. The van der Waals surface area contributed by atoms with Crippen LogP contribution in [0.5, 0.6) is 5.75 Å². The van der Waals surface area contributed by atoms with E-state index in [2.05, 4.69) is 29.1 Å². The van der Waals surface area contributed by atoms with Crippen molar-refractivity contribution in [3.8, 4) is 22.7 Å². The number of fused-ring (bicyclic) bond motifs is 1. The van der Waals surface area contributed by atoms with Gasteiger partial charge in [-0.25, -0.2) is 19.4 Å². The van der Waals surface area contributed by atoms with Gasteiger partial charge in [-0.15, -0.1) is 0 Å². The van der Waals surface area contributed by atoms with E-state index < -0.39 is 17.8 Å². The highest BCUT2D eigenvalue weighted by Gasteiger charge is 2.33. The van der Waals surface area contributed by atoms with E-state index in [4.69, 9.17) is 15.6 Å². The van der Waals surface area contributed by atoms with Crippen molar-refractivity contribution in [2.75, 3.05) is 23.4 Å². The van der Waals surface area contributed by atoms with Gasteiger partial charge in [0.2, 0.25) is 5.95 Å². The number of carbonyl (C=O) groups is 1. The Morgan fingerprint density at radius 1 is 1.12 bits per heavy atom. The van der Waals surface area contributed by atoms with E-state index >= 15 is 0 Å². The first-order valence-corrected chi connectivity index (χ1v) is 13.2. The summed E-state index contributed by atoms with van der Waals surface area (Å²) in [6.07, 6.45) is -2.37. The Kier molecular flexibility index (Phi) is 7.57. The molecule has 2 aromatic carbocycles. The van der Waals surface area contributed by atoms with Crippen LogP contribution in [0.25, 0.3) is 16.9 Å². The number of halogens is 3. The van der Waals surface area contributed by atoms with Crippen molar-refractivity contribution in [2.45, 2.75) is 39.9 Å². The largest absolute Gasteiger partial charge is 0.491 e. The van der Waals surface area contributed by atoms with Gasteiger partial charge in [-0.2, -0.15) is 18.3 Å². The fraction of sp³-hybridized carbons (Fsp3) is 0.310. The van der Waals surface area contributed by atoms with Crippen molar-refractivity contribution in [1.29, 1.82) is 0 Å². The van der Waals surface area contributed by atoms with Gasteiger partial charge in [-0.1, -0.05) is 38.1 Å². The van der Waals surface area contributed by atoms with Crippen LogP contribution in [0.2, 0.25) is 0 Å². The Labute approximate surface area is 235 Å². The summed E-state index contributed by atoms with van der Waals surface area (Å²) in [7, 11) is 0. The number of urea groups is 1. The average Bonchev–Trinajstić information content (AvgIpc) is 3.29. The Balaban J connectivity index is 1.61. The molecule has 4 aromatic rings. The lowest BCUT2D eigenvalue weighted by atomic mass is 10.0. The number of anilines is 2. The van der Waals surface area contributed by atoms with Crippen molar-refractivity contribution in [2.24, 2.45) is 11.7 Å². The predicted octanol–water partition coefficient (Wildman–Crippen LogP) is 5.74. The van der Waals surface area contributed by atoms with Gasteiger partial charge in [0.15, 0.2) is 0 Å². The van der Waals surface area contributed by atoms with E-state index in [-0.39, 0.29) is 5.95 Å². The van der Waals surface area contributed by atoms with E-state index in [1.807, 2.05) is 46.8 Å². The summed E-state index contributed by atoms with van der Waals surface area (Å²) in [5, 5.41) is 7.59. The number of alkyl halides is 3. The zero-order chi connectivity index (χ0) is 29.3. The van der Waals surface area contributed by atoms with Gasteiger partial charge in [-0.05, 0) is 36.6 Å². The highest BCUT2D eigenvalue weighted by molar-refractivity contribution is 5.88. The molecule has 1 aliphatic heterocycles. The Morgan fingerprint density at radius 3 is 2.46 bits per heavy atom. The van der Waals surface area contributed by atoms with E-state index in [1.54, 1.807) is 12.1 Å². The average molecular weight is 566 g/mol. The van der Waals surface area contributed by atoms with Crippen LogP contribution in [0.1, 0.15) is 36.2 Å². The molecule has 1 aliphatic rings. The van der Waals surface area contributed by atoms with Gasteiger partial charge in [0, 0.05) is 48.7 Å². The van der Waals surface area contributed by atoms with Crippen LogP contribution in [0.3, 0.4) is 0 Å². The molecule has 0 fully saturated rings. The molecule has 0 aliphatic carbocycles. The lowest BCUT2D eigenvalue weighted by molar-refractivity contribution is -0.138. The minimum Gasteiger partial charge on any atom is -0.491 e. The standard InChI is InChI=1S/C29H30F3N7O2/c1-17(2)16-41-24-6-4-5-18(3)25(24)39-26(19-7-9-21(10-8-19)36-27(33)40)22-15-38(12-11-23(22)37-39)28-34-13-20(14-35-28)29(30,31)32/h4-10,13-14,17H,11-12,15-16H2,1-3H3,(H3,33,36,40). The van der Waals surface area contributed by atoms with Gasteiger partial charge in [0.05, 0.1) is 23.6 Å². The van der Waals surface area contributed by atoms with E-state index in [9.17, 15) is 18.0 Å². The first kappa shape index (κ1) is 27.9. The number of amides is 2. The molecule has 0 bridgehead atoms. The molecule has 0 atom stereocenters. The summed E-state index contributed by atoms with van der Waals surface area (Å²) in [6.45, 7) is 7.50. The van der Waals surface area contributed by atoms with Crippen LogP contribution < -0.4 is 20.7 Å². The number of benzene rings is 2. The van der Waals surface area contributed by atoms with E-state index in [0.717, 1.165) is 46.2 Å². The zero-order valence-electron chi connectivity index (χ0n) is 22.9. The Bertz CT molecular complexity index is 1550. The van der Waals surface area contributed by atoms with Crippen molar-refractivity contribution in [3.63, 3.8) is 0 Å². The van der Waals surface area contributed by atoms with Gasteiger partial charge >= 0.3 is 12.2 Å². The lowest BCUT2D eigenvalue weighted by Gasteiger charge is -2.27. The third-order valence-electron chi connectivity index (χ3n) is 6.69. The maximum atomic E-state index is 13.1. The normalized spacial score (nSPS) is 13.3. The minimum absolute atomic E-state index is 0.209. The lowest BCUT2D eigenvalue weighted by Crippen LogP contribution is -2.31. The number of nitrogens with one attached hydrogen (secondary N) is 1. The number of aromatic nitrogens is 4. The molecule has 12 heteroatoms. The second-order valence-electron chi connectivity index (χ2n) is 10.3. The van der Waals surface area contributed by atoms with Crippen LogP contribution in [0.4, 0.5) is 29.6 Å². The maximum Gasteiger partial charge on any atom is 0.419 e. The van der Waals surface area contributed by atoms with Gasteiger partial charge < -0.3 is 20.7 Å². The quantitative estimate of drug-likeness (QED) is 0.296. The summed E-state index contributed by atoms with van der Waals surface area (Å²) in [5.74, 6) is 1.21. The van der Waals surface area contributed by atoms with E-state index in [0.29, 0.717) is 43.5 Å². The monoisotopic (exact) mass is 565 g/mol. The summed E-state index contributed by atoms with van der Waals surface area (Å²) in [4.78, 5) is 21.2. The van der Waals surface area contributed by atoms with Crippen molar-refractivity contribution in [3.05, 3.63) is 77.2 Å². The Hall–Kier alpha value is -4.61. The topological polar surface area (TPSA) is 111 Å². The molecule has 0 saturated carbocycles. The van der Waals surface area contributed by atoms with Crippen LogP contribution in [0, 0.1) is 12.8 Å². The number of rotatable bonds is 7. The van der Waals surface area contributed by atoms with Crippen molar-refractivity contribution in [1.82, 2.24) is 19.7 Å². The van der Waals surface area contributed by atoms with Crippen molar-refractivity contribution >= 4 is 17.7 Å². The fourth-order valence-electron chi connectivity index (χ4n) is 4.76. The highest BCUT2D eigenvalue weighted by atomic mass is 19.4. The number of carbonyl (C=O) groups excluding carboxylic acids is 1. The summed E-state index contributed by atoms with van der Waals surface area (Å²) in [6, 6.07) is 12.4. The molecule has 0 radical (unpaired) electrons. The van der Waals surface area contributed by atoms with Crippen molar-refractivity contribution < 1.29 is 22.7 Å². The second kappa shape index (κ2) is 11.1. The molecule has 3 heterocycles. The smallest absolute Gasteiger partial charge is 0.419 e. The molecule has 2 amide bonds. The number of hydrogen-bond donors (Lipinski definition) is 2. The van der Waals surface area contributed by atoms with Crippen LogP contribution in [-0.2, 0) is 19.1 Å². The number of para-hydroxylation sites is 1. The fourth-order valence-corrected chi connectivity index (χ4v) is 4.76. The SMILES string of the molecule is Cc1cccc(OCC(C)C)c1-n1nc2c(c1-c1ccc(NC(N)=O)cc1)CN(c1ncc(C(F)(F)F)cn1)CC2. The van der Waals surface area contributed by atoms with Crippen LogP contribution in [-0.4, -0.2) is 38.9 Å². The molecular weight excluding hydrogens is 535 g/mol. The van der Waals surface area contributed by atoms with Crippen LogP contribution >= 0.6 is 0 Å². The highest BCUT2D eigenvalue weighted by Crippen LogP contribution is 2.38. The molecular formula is C29H30F3N7O2. The van der Waals surface area contributed by atoms with Gasteiger partial charge in [0.1, 0.15) is 11.4 Å². The first-order chi connectivity index (χ1) is 19.5. The first-order valence-electron chi connectivity index (χ1n) is 13.2. The molecule has 5 rings (SSSR count). The number of ether oxygens (including phenoxy) is 1. The molecule has 3 N–H and O–H groups in total. The molecule has 2 aromatic heterocycles. The van der Waals surface area contributed by atoms with Crippen LogP contribution in [0.15, 0.2) is 54.9 Å². The molecule has 9 nitrogen and oxygen atoms in total. The zero-order valence-corrected chi connectivity index (χ0v) is 22.9. The summed E-state index contributed by atoms with van der Waals surface area (Å²) >= 11 is 0. The molecule has 41 heavy (non-hydrogen) atoms. The number of aryl methyl sites for hydroxylation is 1. The Morgan fingerprint density at radius 2 is 1.83 bits per heavy atom. The summed E-state index contributed by atoms with van der Waals surface area (Å²) in [5.41, 5.74) is 10.1. The number of primary amides is 1. The minimum atomic E-state index is -4.51. The number of hydrogen-bond acceptors (Lipinski definition) is 6. The predicted molar refractivity (Wildman–Crippen MR) is 149 cm³/mol. The van der Waals surface area contributed by atoms with Gasteiger partial charge in [0.25, 0.3) is 0 Å². The molecule has 0 saturated heterocycles. The third-order valence-corrected chi connectivity index (χ3v) is 6.69. The number of nitrogens with two attached hydrogens (primary N) is 1. The number of nitrogens with zero attached hydrogens (tertiary/aromatic N) is 5. The van der Waals surface area contributed by atoms with Gasteiger partial charge in [-0.3, -0.25) is 0 Å². The third kappa shape index (κ3) is 5.96. The van der Waals surface area contributed by atoms with E-state index in [1.165, 1.54) is 0 Å². The molecule has 214 valence electrons. The molecule has 0 spiro atoms. The maximum absolute atomic E-state index is 13.1.